The van der Waals surface area contributed by atoms with E-state index in [1.54, 1.807) is 13.0 Å². The highest BCUT2D eigenvalue weighted by Crippen LogP contribution is 2.27. The minimum atomic E-state index is -0.613. The summed E-state index contributed by atoms with van der Waals surface area (Å²) >= 11 is 2.18. The second-order valence-electron chi connectivity index (χ2n) is 5.08. The zero-order valence-electron chi connectivity index (χ0n) is 12.5. The second-order valence-corrected chi connectivity index (χ2v) is 6.25. The van der Waals surface area contributed by atoms with Crippen LogP contribution in [0.4, 0.5) is 0 Å². The van der Waals surface area contributed by atoms with Crippen LogP contribution >= 0.6 is 22.6 Å². The molecule has 5 nitrogen and oxygen atoms in total. The number of esters is 1. The SMILES string of the molecule is CCOC(=O)c1c[nH]c2cc(C(C)CCO)c(I)cc2c1=O. The van der Waals surface area contributed by atoms with Crippen LogP contribution < -0.4 is 5.43 Å². The number of nitrogens with one attached hydrogen (secondary N) is 1. The van der Waals surface area contributed by atoms with Gasteiger partial charge in [-0.25, -0.2) is 4.79 Å². The van der Waals surface area contributed by atoms with Crippen LogP contribution in [-0.2, 0) is 4.74 Å². The van der Waals surface area contributed by atoms with Gasteiger partial charge in [0, 0.05) is 27.3 Å². The third-order valence-electron chi connectivity index (χ3n) is 3.59. The molecule has 0 aliphatic heterocycles. The largest absolute Gasteiger partial charge is 0.462 e. The third kappa shape index (κ3) is 3.33. The van der Waals surface area contributed by atoms with Crippen LogP contribution in [0.15, 0.2) is 23.1 Å². The van der Waals surface area contributed by atoms with Crippen molar-refractivity contribution >= 4 is 39.5 Å². The number of hydrogen-bond acceptors (Lipinski definition) is 4. The number of aliphatic hydroxyl groups is 1. The molecule has 0 amide bonds. The molecule has 2 rings (SSSR count). The zero-order valence-corrected chi connectivity index (χ0v) is 14.6. The lowest BCUT2D eigenvalue weighted by molar-refractivity contribution is 0.0524. The maximum atomic E-state index is 12.4. The Bertz CT molecular complexity index is 754. The summed E-state index contributed by atoms with van der Waals surface area (Å²) < 4.78 is 5.84. The number of pyridine rings is 1. The van der Waals surface area contributed by atoms with E-state index >= 15 is 0 Å². The fourth-order valence-electron chi connectivity index (χ4n) is 2.35. The van der Waals surface area contributed by atoms with Crippen molar-refractivity contribution in [3.63, 3.8) is 0 Å². The van der Waals surface area contributed by atoms with Gasteiger partial charge in [-0.3, -0.25) is 4.79 Å². The van der Waals surface area contributed by atoms with Crippen molar-refractivity contribution in [1.82, 2.24) is 4.98 Å². The van der Waals surface area contributed by atoms with Crippen LogP contribution in [0.25, 0.3) is 10.9 Å². The maximum Gasteiger partial charge on any atom is 0.343 e. The highest BCUT2D eigenvalue weighted by molar-refractivity contribution is 14.1. The lowest BCUT2D eigenvalue weighted by atomic mass is 9.96. The molecule has 1 atom stereocenters. The third-order valence-corrected chi connectivity index (χ3v) is 4.52. The van der Waals surface area contributed by atoms with Crippen molar-refractivity contribution in [2.45, 2.75) is 26.2 Å². The van der Waals surface area contributed by atoms with Gasteiger partial charge in [-0.1, -0.05) is 6.92 Å². The Balaban J connectivity index is 2.56. The average Bonchev–Trinajstić information content (AvgIpc) is 2.48. The Morgan fingerprint density at radius 2 is 2.18 bits per heavy atom. The van der Waals surface area contributed by atoms with E-state index in [1.807, 2.05) is 13.0 Å². The Morgan fingerprint density at radius 3 is 2.82 bits per heavy atom. The molecule has 2 N–H and O–H groups in total. The van der Waals surface area contributed by atoms with Crippen molar-refractivity contribution in [2.75, 3.05) is 13.2 Å². The number of H-pyrrole nitrogens is 1. The summed E-state index contributed by atoms with van der Waals surface area (Å²) in [5, 5.41) is 9.55. The van der Waals surface area contributed by atoms with Gasteiger partial charge in [-0.2, -0.15) is 0 Å². The number of carbonyl (C=O) groups is 1. The predicted octanol–water partition coefficient (Wildman–Crippen LogP) is 2.80. The van der Waals surface area contributed by atoms with Gasteiger partial charge < -0.3 is 14.8 Å². The number of aliphatic hydroxyl groups excluding tert-OH is 1. The van der Waals surface area contributed by atoms with E-state index in [1.165, 1.54) is 6.20 Å². The van der Waals surface area contributed by atoms with Crippen LogP contribution in [-0.4, -0.2) is 29.3 Å². The van der Waals surface area contributed by atoms with E-state index in [2.05, 4.69) is 27.6 Å². The molecular weight excluding hydrogens is 397 g/mol. The summed E-state index contributed by atoms with van der Waals surface area (Å²) in [6.45, 7) is 4.08. The number of hydrogen-bond donors (Lipinski definition) is 2. The Kier molecular flexibility index (Phi) is 5.57. The van der Waals surface area contributed by atoms with Crippen LogP contribution in [0.3, 0.4) is 0 Å². The van der Waals surface area contributed by atoms with Crippen molar-refractivity contribution in [3.8, 4) is 0 Å². The van der Waals surface area contributed by atoms with E-state index in [9.17, 15) is 9.59 Å². The minimum Gasteiger partial charge on any atom is -0.462 e. The number of benzene rings is 1. The lowest BCUT2D eigenvalue weighted by Gasteiger charge is -2.14. The number of aromatic amines is 1. The van der Waals surface area contributed by atoms with E-state index in [4.69, 9.17) is 9.84 Å². The van der Waals surface area contributed by atoms with Gasteiger partial charge in [0.2, 0.25) is 5.43 Å². The van der Waals surface area contributed by atoms with Gasteiger partial charge in [0.1, 0.15) is 5.56 Å². The summed E-state index contributed by atoms with van der Waals surface area (Å²) in [4.78, 5) is 27.2. The monoisotopic (exact) mass is 415 g/mol. The van der Waals surface area contributed by atoms with E-state index in [0.29, 0.717) is 17.3 Å². The molecule has 118 valence electrons. The number of rotatable bonds is 5. The summed E-state index contributed by atoms with van der Waals surface area (Å²) in [5.74, 6) is -0.423. The Morgan fingerprint density at radius 1 is 1.45 bits per heavy atom. The second kappa shape index (κ2) is 7.23. The molecule has 0 saturated heterocycles. The van der Waals surface area contributed by atoms with Crippen LogP contribution in [0.1, 0.15) is 42.1 Å². The van der Waals surface area contributed by atoms with Gasteiger partial charge >= 0.3 is 5.97 Å². The average molecular weight is 415 g/mol. The maximum absolute atomic E-state index is 12.4. The molecule has 0 bridgehead atoms. The molecule has 0 spiro atoms. The summed E-state index contributed by atoms with van der Waals surface area (Å²) in [7, 11) is 0. The first-order chi connectivity index (χ1) is 10.5. The number of halogens is 1. The summed E-state index contributed by atoms with van der Waals surface area (Å²) in [5.41, 5.74) is 1.44. The van der Waals surface area contributed by atoms with Gasteiger partial charge in [0.05, 0.1) is 6.61 Å². The smallest absolute Gasteiger partial charge is 0.343 e. The number of fused-ring (bicyclic) bond motifs is 1. The van der Waals surface area contributed by atoms with Crippen molar-refractivity contribution in [2.24, 2.45) is 0 Å². The molecule has 0 fully saturated rings. The van der Waals surface area contributed by atoms with Crippen LogP contribution in [0, 0.1) is 3.57 Å². The lowest BCUT2D eigenvalue weighted by Crippen LogP contribution is -2.18. The number of aromatic nitrogens is 1. The molecule has 1 aromatic carbocycles. The predicted molar refractivity (Wildman–Crippen MR) is 93.4 cm³/mol. The molecule has 1 unspecified atom stereocenters. The molecular formula is C16H18INO4. The molecule has 0 saturated carbocycles. The van der Waals surface area contributed by atoms with E-state index < -0.39 is 5.97 Å². The number of carbonyl (C=O) groups excluding carboxylic acids is 1. The van der Waals surface area contributed by atoms with E-state index in [0.717, 1.165) is 9.13 Å². The molecule has 0 aliphatic carbocycles. The van der Waals surface area contributed by atoms with Gasteiger partial charge in [0.25, 0.3) is 0 Å². The fraction of sp³-hybridized carbons (Fsp3) is 0.375. The van der Waals surface area contributed by atoms with Crippen molar-refractivity contribution < 1.29 is 14.6 Å². The molecule has 0 radical (unpaired) electrons. The Hall–Kier alpha value is -1.41. The fourth-order valence-corrected chi connectivity index (χ4v) is 3.34. The van der Waals surface area contributed by atoms with Gasteiger partial charge in [-0.05, 0) is 59.5 Å². The van der Waals surface area contributed by atoms with Crippen molar-refractivity contribution in [3.05, 3.63) is 43.2 Å². The normalized spacial score (nSPS) is 12.4. The molecule has 1 aromatic heterocycles. The quantitative estimate of drug-likeness (QED) is 0.582. The summed E-state index contributed by atoms with van der Waals surface area (Å²) in [6, 6.07) is 3.69. The molecule has 2 aromatic rings. The molecule has 1 heterocycles. The van der Waals surface area contributed by atoms with Gasteiger partial charge in [0.15, 0.2) is 0 Å². The van der Waals surface area contributed by atoms with Crippen LogP contribution in [0.2, 0.25) is 0 Å². The van der Waals surface area contributed by atoms with Crippen LogP contribution in [0.5, 0.6) is 0 Å². The molecule has 6 heteroatoms. The van der Waals surface area contributed by atoms with Crippen molar-refractivity contribution in [1.29, 1.82) is 0 Å². The summed E-state index contributed by atoms with van der Waals surface area (Å²) in [6.07, 6.45) is 2.06. The van der Waals surface area contributed by atoms with Gasteiger partial charge in [-0.15, -0.1) is 0 Å². The zero-order chi connectivity index (χ0) is 16.3. The first kappa shape index (κ1) is 17.0. The highest BCUT2D eigenvalue weighted by atomic mass is 127. The number of ether oxygens (including phenoxy) is 1. The molecule has 22 heavy (non-hydrogen) atoms. The standard InChI is InChI=1S/C16H18INO4/c1-3-22-16(21)12-8-18-14-7-10(9(2)4-5-19)13(17)6-11(14)15(12)20/h6-9,19H,3-5H2,1-2H3,(H,18,20). The minimum absolute atomic E-state index is 0.0151. The molecule has 0 aliphatic rings. The Labute approximate surface area is 141 Å². The first-order valence-corrected chi connectivity index (χ1v) is 8.20. The van der Waals surface area contributed by atoms with E-state index in [-0.39, 0.29) is 30.1 Å². The highest BCUT2D eigenvalue weighted by Gasteiger charge is 2.16. The first-order valence-electron chi connectivity index (χ1n) is 7.12. The topological polar surface area (TPSA) is 79.4 Å².